The van der Waals surface area contributed by atoms with Crippen LogP contribution in [0.15, 0.2) is 17.5 Å². The number of nitrogens with one attached hydrogen (secondary N) is 1. The highest BCUT2D eigenvalue weighted by Crippen LogP contribution is 2.34. The summed E-state index contributed by atoms with van der Waals surface area (Å²) in [5.74, 6) is 0.271. The van der Waals surface area contributed by atoms with E-state index in [-0.39, 0.29) is 5.91 Å². The van der Waals surface area contributed by atoms with Crippen molar-refractivity contribution in [3.8, 4) is 0 Å². The molecule has 1 aromatic heterocycles. The first kappa shape index (κ1) is 11.2. The average Bonchev–Trinajstić information content (AvgIpc) is 2.84. The molecule has 1 saturated carbocycles. The molecule has 0 radical (unpaired) electrons. The van der Waals surface area contributed by atoms with Crippen molar-refractivity contribution in [2.24, 2.45) is 0 Å². The smallest absolute Gasteiger partial charge is 0.237 e. The highest BCUT2D eigenvalue weighted by atomic mass is 32.1. The SMILES string of the molecule is O=C(CNC1CC1)N1CCCC1c1cccs1. The highest BCUT2D eigenvalue weighted by Gasteiger charge is 2.31. The molecule has 1 aromatic rings. The molecule has 4 heteroatoms. The van der Waals surface area contributed by atoms with Gasteiger partial charge in [-0.25, -0.2) is 0 Å². The van der Waals surface area contributed by atoms with Crippen LogP contribution in [0.25, 0.3) is 0 Å². The first-order valence-corrected chi connectivity index (χ1v) is 7.29. The maximum absolute atomic E-state index is 12.2. The second kappa shape index (κ2) is 4.78. The van der Waals surface area contributed by atoms with E-state index in [1.165, 1.54) is 17.7 Å². The Morgan fingerprint density at radius 1 is 1.47 bits per heavy atom. The van der Waals surface area contributed by atoms with Gasteiger partial charge in [-0.15, -0.1) is 11.3 Å². The summed E-state index contributed by atoms with van der Waals surface area (Å²) in [4.78, 5) is 15.5. The fourth-order valence-corrected chi connectivity index (χ4v) is 3.34. The predicted molar refractivity (Wildman–Crippen MR) is 69.0 cm³/mol. The lowest BCUT2D eigenvalue weighted by molar-refractivity contribution is -0.131. The summed E-state index contributed by atoms with van der Waals surface area (Å²) < 4.78 is 0. The zero-order valence-electron chi connectivity index (χ0n) is 9.89. The average molecular weight is 250 g/mol. The first-order valence-electron chi connectivity index (χ1n) is 6.41. The second-order valence-corrected chi connectivity index (χ2v) is 5.90. The van der Waals surface area contributed by atoms with Gasteiger partial charge in [0.05, 0.1) is 12.6 Å². The van der Waals surface area contributed by atoms with Gasteiger partial charge < -0.3 is 10.2 Å². The van der Waals surface area contributed by atoms with Gasteiger partial charge in [0, 0.05) is 17.5 Å². The van der Waals surface area contributed by atoms with Crippen LogP contribution in [0, 0.1) is 0 Å². The largest absolute Gasteiger partial charge is 0.334 e. The van der Waals surface area contributed by atoms with E-state index in [9.17, 15) is 4.79 Å². The Morgan fingerprint density at radius 2 is 2.35 bits per heavy atom. The fraction of sp³-hybridized carbons (Fsp3) is 0.615. The zero-order chi connectivity index (χ0) is 11.7. The van der Waals surface area contributed by atoms with Crippen LogP contribution in [-0.4, -0.2) is 29.9 Å². The molecule has 2 aliphatic rings. The lowest BCUT2D eigenvalue weighted by Crippen LogP contribution is -2.38. The molecule has 1 amide bonds. The van der Waals surface area contributed by atoms with Crippen LogP contribution in [0.3, 0.4) is 0 Å². The van der Waals surface area contributed by atoms with Gasteiger partial charge in [-0.05, 0) is 37.1 Å². The van der Waals surface area contributed by atoms with E-state index in [1.807, 2.05) is 0 Å². The van der Waals surface area contributed by atoms with Crippen LogP contribution in [0.5, 0.6) is 0 Å². The maximum Gasteiger partial charge on any atom is 0.237 e. The standard InChI is InChI=1S/C13H18N2OS/c16-13(9-14-10-5-6-10)15-7-1-3-11(15)12-4-2-8-17-12/h2,4,8,10-11,14H,1,3,5-7,9H2. The van der Waals surface area contributed by atoms with Crippen molar-refractivity contribution >= 4 is 17.2 Å². The molecule has 17 heavy (non-hydrogen) atoms. The Balaban J connectivity index is 1.62. The minimum atomic E-state index is 0.271. The Morgan fingerprint density at radius 3 is 3.06 bits per heavy atom. The normalized spacial score (nSPS) is 24.2. The number of carbonyl (C=O) groups is 1. The summed E-state index contributed by atoms with van der Waals surface area (Å²) >= 11 is 1.76. The van der Waals surface area contributed by atoms with Gasteiger partial charge in [0.1, 0.15) is 0 Å². The first-order chi connectivity index (χ1) is 8.34. The number of rotatable bonds is 4. The molecule has 1 saturated heterocycles. The maximum atomic E-state index is 12.2. The number of hydrogen-bond acceptors (Lipinski definition) is 3. The van der Waals surface area contributed by atoms with Crippen LogP contribution in [-0.2, 0) is 4.79 Å². The zero-order valence-corrected chi connectivity index (χ0v) is 10.7. The molecule has 1 atom stereocenters. The van der Waals surface area contributed by atoms with Gasteiger partial charge in [0.15, 0.2) is 0 Å². The van der Waals surface area contributed by atoms with E-state index in [0.717, 1.165) is 19.4 Å². The number of likely N-dealkylation sites (tertiary alicyclic amines) is 1. The number of thiophene rings is 1. The third-order valence-electron chi connectivity index (χ3n) is 3.56. The predicted octanol–water partition coefficient (Wildman–Crippen LogP) is 2.16. The monoisotopic (exact) mass is 250 g/mol. The van der Waals surface area contributed by atoms with Crippen LogP contribution in [0.4, 0.5) is 0 Å². The third kappa shape index (κ3) is 2.53. The molecule has 1 N–H and O–H groups in total. The summed E-state index contributed by atoms with van der Waals surface area (Å²) in [7, 11) is 0. The molecule has 0 aromatic carbocycles. The van der Waals surface area contributed by atoms with E-state index >= 15 is 0 Å². The molecule has 1 unspecified atom stereocenters. The third-order valence-corrected chi connectivity index (χ3v) is 4.54. The van der Waals surface area contributed by atoms with Crippen LogP contribution in [0.1, 0.15) is 36.6 Å². The van der Waals surface area contributed by atoms with Gasteiger partial charge in [-0.3, -0.25) is 4.79 Å². The Hall–Kier alpha value is -0.870. The van der Waals surface area contributed by atoms with E-state index in [2.05, 4.69) is 27.7 Å². The minimum Gasteiger partial charge on any atom is -0.334 e. The van der Waals surface area contributed by atoms with Gasteiger partial charge in [-0.1, -0.05) is 6.07 Å². The second-order valence-electron chi connectivity index (χ2n) is 4.92. The van der Waals surface area contributed by atoms with Gasteiger partial charge in [0.2, 0.25) is 5.91 Å². The Kier molecular flexibility index (Phi) is 3.16. The summed E-state index contributed by atoms with van der Waals surface area (Å²) in [5, 5.41) is 5.41. The van der Waals surface area contributed by atoms with Crippen molar-refractivity contribution in [2.75, 3.05) is 13.1 Å². The van der Waals surface area contributed by atoms with Crippen molar-refractivity contribution in [3.05, 3.63) is 22.4 Å². The number of amides is 1. The molecule has 1 aliphatic carbocycles. The number of nitrogens with zero attached hydrogens (tertiary/aromatic N) is 1. The lowest BCUT2D eigenvalue weighted by atomic mass is 10.2. The van der Waals surface area contributed by atoms with Crippen molar-refractivity contribution in [3.63, 3.8) is 0 Å². The van der Waals surface area contributed by atoms with Crippen LogP contribution in [0.2, 0.25) is 0 Å². The molecule has 1 aliphatic heterocycles. The quantitative estimate of drug-likeness (QED) is 0.888. The van der Waals surface area contributed by atoms with E-state index in [0.29, 0.717) is 18.6 Å². The van der Waals surface area contributed by atoms with Gasteiger partial charge in [0.25, 0.3) is 0 Å². The molecular weight excluding hydrogens is 232 g/mol. The fourth-order valence-electron chi connectivity index (χ4n) is 2.46. The molecular formula is C13H18N2OS. The van der Waals surface area contributed by atoms with Crippen molar-refractivity contribution < 1.29 is 4.79 Å². The summed E-state index contributed by atoms with van der Waals surface area (Å²) in [6, 6.07) is 5.17. The Labute approximate surface area is 106 Å². The highest BCUT2D eigenvalue weighted by molar-refractivity contribution is 7.10. The molecule has 0 bridgehead atoms. The molecule has 2 fully saturated rings. The molecule has 3 nitrogen and oxygen atoms in total. The van der Waals surface area contributed by atoms with E-state index in [1.54, 1.807) is 11.3 Å². The molecule has 92 valence electrons. The number of carbonyl (C=O) groups excluding carboxylic acids is 1. The van der Waals surface area contributed by atoms with Crippen molar-refractivity contribution in [2.45, 2.75) is 37.8 Å². The van der Waals surface area contributed by atoms with Crippen molar-refractivity contribution in [1.29, 1.82) is 0 Å². The molecule has 2 heterocycles. The van der Waals surface area contributed by atoms with E-state index < -0.39 is 0 Å². The summed E-state index contributed by atoms with van der Waals surface area (Å²) in [5.41, 5.74) is 0. The Bertz CT molecular complexity index is 386. The van der Waals surface area contributed by atoms with Crippen LogP contribution >= 0.6 is 11.3 Å². The van der Waals surface area contributed by atoms with Crippen LogP contribution < -0.4 is 5.32 Å². The summed E-state index contributed by atoms with van der Waals surface area (Å²) in [6.07, 6.45) is 4.73. The van der Waals surface area contributed by atoms with Crippen molar-refractivity contribution in [1.82, 2.24) is 10.2 Å². The van der Waals surface area contributed by atoms with Gasteiger partial charge in [-0.2, -0.15) is 0 Å². The van der Waals surface area contributed by atoms with Gasteiger partial charge >= 0.3 is 0 Å². The molecule has 3 rings (SSSR count). The summed E-state index contributed by atoms with van der Waals surface area (Å²) in [6.45, 7) is 1.44. The van der Waals surface area contributed by atoms with E-state index in [4.69, 9.17) is 0 Å². The minimum absolute atomic E-state index is 0.271. The molecule has 0 spiro atoms. The lowest BCUT2D eigenvalue weighted by Gasteiger charge is -2.24. The topological polar surface area (TPSA) is 32.3 Å². The number of hydrogen-bond donors (Lipinski definition) is 1.